The van der Waals surface area contributed by atoms with Crippen LogP contribution in [-0.2, 0) is 9.53 Å². The van der Waals surface area contributed by atoms with Gasteiger partial charge >= 0.3 is 0 Å². The van der Waals surface area contributed by atoms with Gasteiger partial charge in [0.2, 0.25) is 5.91 Å². The van der Waals surface area contributed by atoms with Gasteiger partial charge in [-0.15, -0.1) is 0 Å². The molecule has 1 atom stereocenters. The van der Waals surface area contributed by atoms with Crippen LogP contribution in [0.2, 0.25) is 0 Å². The normalized spacial score (nSPS) is 12.3. The van der Waals surface area contributed by atoms with E-state index in [1.165, 1.54) is 0 Å². The second kappa shape index (κ2) is 6.19. The minimum Gasteiger partial charge on any atom is -0.464 e. The minimum absolute atomic E-state index is 0.0978. The topological polar surface area (TPSA) is 76.4 Å². The molecule has 0 saturated carbocycles. The van der Waals surface area contributed by atoms with Crippen molar-refractivity contribution in [3.8, 4) is 0 Å². The van der Waals surface area contributed by atoms with Gasteiger partial charge in [-0.3, -0.25) is 4.79 Å². The Balaban J connectivity index is 2.00. The predicted molar refractivity (Wildman–Crippen MR) is 72.0 cm³/mol. The lowest BCUT2D eigenvalue weighted by atomic mass is 10.2. The third-order valence-electron chi connectivity index (χ3n) is 2.73. The molecular weight excluding hydrogens is 246 g/mol. The van der Waals surface area contributed by atoms with Gasteiger partial charge in [-0.1, -0.05) is 0 Å². The van der Waals surface area contributed by atoms with E-state index < -0.39 is 0 Å². The van der Waals surface area contributed by atoms with Gasteiger partial charge in [0.15, 0.2) is 0 Å². The molecule has 1 amide bonds. The third kappa shape index (κ3) is 3.23. The summed E-state index contributed by atoms with van der Waals surface area (Å²) in [5.74, 6) is 0.542. The molecule has 19 heavy (non-hydrogen) atoms. The number of nitrogens with one attached hydrogen (secondary N) is 2. The number of ether oxygens (including phenoxy) is 1. The molecule has 0 fully saturated rings. The molecule has 102 valence electrons. The molecule has 2 N–H and O–H groups in total. The smallest absolute Gasteiger partial charge is 0.242 e. The fourth-order valence-corrected chi connectivity index (χ4v) is 1.71. The molecule has 2 rings (SSSR count). The Labute approximate surface area is 111 Å². The van der Waals surface area contributed by atoms with Crippen LogP contribution in [-0.4, -0.2) is 37.2 Å². The van der Waals surface area contributed by atoms with Crippen molar-refractivity contribution in [3.05, 3.63) is 24.6 Å². The number of methoxy groups -OCH3 is 1. The lowest BCUT2D eigenvalue weighted by Crippen LogP contribution is -2.39. The number of hydrogen-bond donors (Lipinski definition) is 2. The number of carbonyl (C=O) groups excluding carboxylic acids is 1. The Hall–Kier alpha value is -2.08. The van der Waals surface area contributed by atoms with Gasteiger partial charge in [0.1, 0.15) is 17.4 Å². The van der Waals surface area contributed by atoms with Crippen molar-refractivity contribution in [2.75, 3.05) is 25.6 Å². The molecule has 2 aromatic rings. The van der Waals surface area contributed by atoms with Crippen LogP contribution in [0.4, 0.5) is 5.82 Å². The number of fused-ring (bicyclic) bond motifs is 1. The van der Waals surface area contributed by atoms with E-state index in [-0.39, 0.29) is 11.9 Å². The number of hydrogen-bond acceptors (Lipinski definition) is 5. The maximum absolute atomic E-state index is 11.8. The molecule has 2 aromatic heterocycles. The SMILES string of the molecule is COCCNC(=O)C(C)Nc1nccc2occc12. The average Bonchev–Trinajstić information content (AvgIpc) is 2.88. The van der Waals surface area contributed by atoms with Crippen LogP contribution in [0.15, 0.2) is 29.0 Å². The van der Waals surface area contributed by atoms with E-state index in [0.717, 1.165) is 11.0 Å². The molecule has 0 spiro atoms. The lowest BCUT2D eigenvalue weighted by Gasteiger charge is -2.14. The van der Waals surface area contributed by atoms with E-state index >= 15 is 0 Å². The minimum atomic E-state index is -0.384. The molecule has 6 heteroatoms. The zero-order valence-corrected chi connectivity index (χ0v) is 11.0. The number of nitrogens with zero attached hydrogens (tertiary/aromatic N) is 1. The summed E-state index contributed by atoms with van der Waals surface area (Å²) in [7, 11) is 1.59. The number of anilines is 1. The predicted octanol–water partition coefficient (Wildman–Crippen LogP) is 1.39. The monoisotopic (exact) mass is 263 g/mol. The Morgan fingerprint density at radius 1 is 1.53 bits per heavy atom. The number of aromatic nitrogens is 1. The maximum atomic E-state index is 11.8. The van der Waals surface area contributed by atoms with Crippen molar-refractivity contribution in [2.24, 2.45) is 0 Å². The fourth-order valence-electron chi connectivity index (χ4n) is 1.71. The van der Waals surface area contributed by atoms with E-state index in [1.54, 1.807) is 32.6 Å². The Kier molecular flexibility index (Phi) is 4.35. The zero-order valence-electron chi connectivity index (χ0n) is 11.0. The summed E-state index contributed by atoms with van der Waals surface area (Å²) in [6.07, 6.45) is 3.24. The third-order valence-corrected chi connectivity index (χ3v) is 2.73. The highest BCUT2D eigenvalue weighted by Crippen LogP contribution is 2.22. The summed E-state index contributed by atoms with van der Waals surface area (Å²) in [6.45, 7) is 2.77. The largest absolute Gasteiger partial charge is 0.464 e. The van der Waals surface area contributed by atoms with Crippen molar-refractivity contribution >= 4 is 22.7 Å². The maximum Gasteiger partial charge on any atom is 0.242 e. The van der Waals surface area contributed by atoms with Crippen LogP contribution in [0, 0.1) is 0 Å². The number of furan rings is 1. The fraction of sp³-hybridized carbons (Fsp3) is 0.385. The first-order valence-corrected chi connectivity index (χ1v) is 6.07. The molecule has 0 aliphatic heterocycles. The Morgan fingerprint density at radius 3 is 3.16 bits per heavy atom. The van der Waals surface area contributed by atoms with E-state index in [0.29, 0.717) is 19.0 Å². The second-order valence-electron chi connectivity index (χ2n) is 4.14. The van der Waals surface area contributed by atoms with Gasteiger partial charge < -0.3 is 19.8 Å². The van der Waals surface area contributed by atoms with Gasteiger partial charge in [0.05, 0.1) is 18.3 Å². The van der Waals surface area contributed by atoms with Crippen molar-refractivity contribution < 1.29 is 13.9 Å². The molecule has 6 nitrogen and oxygen atoms in total. The molecule has 0 radical (unpaired) electrons. The summed E-state index contributed by atoms with van der Waals surface area (Å²) < 4.78 is 10.2. The van der Waals surface area contributed by atoms with Crippen LogP contribution >= 0.6 is 0 Å². The van der Waals surface area contributed by atoms with Crippen LogP contribution in [0.25, 0.3) is 11.0 Å². The van der Waals surface area contributed by atoms with E-state index in [2.05, 4.69) is 15.6 Å². The number of pyridine rings is 1. The van der Waals surface area contributed by atoms with Gasteiger partial charge in [0.25, 0.3) is 0 Å². The standard InChI is InChI=1S/C13H17N3O3/c1-9(13(17)15-6-8-18-2)16-12-10-4-7-19-11(10)3-5-14-12/h3-5,7,9H,6,8H2,1-2H3,(H,14,16)(H,15,17). The number of carbonyl (C=O) groups is 1. The molecular formula is C13H17N3O3. The highest BCUT2D eigenvalue weighted by Gasteiger charge is 2.14. The first kappa shape index (κ1) is 13.4. The van der Waals surface area contributed by atoms with Crippen molar-refractivity contribution in [1.82, 2.24) is 10.3 Å². The van der Waals surface area contributed by atoms with E-state index in [1.807, 2.05) is 6.07 Å². The van der Waals surface area contributed by atoms with Crippen LogP contribution in [0.5, 0.6) is 0 Å². The van der Waals surface area contributed by atoms with Gasteiger partial charge in [0, 0.05) is 19.9 Å². The van der Waals surface area contributed by atoms with E-state index in [4.69, 9.17) is 9.15 Å². The van der Waals surface area contributed by atoms with Crippen LogP contribution < -0.4 is 10.6 Å². The van der Waals surface area contributed by atoms with Crippen molar-refractivity contribution in [3.63, 3.8) is 0 Å². The van der Waals surface area contributed by atoms with Gasteiger partial charge in [-0.05, 0) is 19.1 Å². The molecule has 1 unspecified atom stereocenters. The highest BCUT2D eigenvalue weighted by atomic mass is 16.5. The average molecular weight is 263 g/mol. The Morgan fingerprint density at radius 2 is 2.37 bits per heavy atom. The zero-order chi connectivity index (χ0) is 13.7. The number of amides is 1. The molecule has 0 aliphatic rings. The summed E-state index contributed by atoms with van der Waals surface area (Å²) in [4.78, 5) is 16.0. The molecule has 0 saturated heterocycles. The van der Waals surface area contributed by atoms with Crippen molar-refractivity contribution in [2.45, 2.75) is 13.0 Å². The Bertz CT molecular complexity index is 553. The molecule has 2 heterocycles. The summed E-state index contributed by atoms with van der Waals surface area (Å²) in [5, 5.41) is 6.70. The molecule has 0 aliphatic carbocycles. The van der Waals surface area contributed by atoms with Crippen LogP contribution in [0.1, 0.15) is 6.92 Å². The highest BCUT2D eigenvalue weighted by molar-refractivity contribution is 5.91. The second-order valence-corrected chi connectivity index (χ2v) is 4.14. The summed E-state index contributed by atoms with van der Waals surface area (Å²) in [6, 6.07) is 3.22. The first-order valence-electron chi connectivity index (χ1n) is 6.07. The van der Waals surface area contributed by atoms with Gasteiger partial charge in [-0.25, -0.2) is 4.98 Å². The summed E-state index contributed by atoms with van der Waals surface area (Å²) >= 11 is 0. The summed E-state index contributed by atoms with van der Waals surface area (Å²) in [5.41, 5.74) is 0.740. The number of rotatable bonds is 6. The van der Waals surface area contributed by atoms with Gasteiger partial charge in [-0.2, -0.15) is 0 Å². The lowest BCUT2D eigenvalue weighted by molar-refractivity contribution is -0.121. The molecule has 0 aromatic carbocycles. The first-order chi connectivity index (χ1) is 9.22. The molecule has 0 bridgehead atoms. The van der Waals surface area contributed by atoms with Crippen LogP contribution in [0.3, 0.4) is 0 Å². The van der Waals surface area contributed by atoms with Crippen molar-refractivity contribution in [1.29, 1.82) is 0 Å². The van der Waals surface area contributed by atoms with E-state index in [9.17, 15) is 4.79 Å². The quantitative estimate of drug-likeness (QED) is 0.770.